The molecule has 12 atom stereocenters. The van der Waals surface area contributed by atoms with Crippen molar-refractivity contribution in [2.45, 2.75) is 222 Å². The summed E-state index contributed by atoms with van der Waals surface area (Å²) in [6.45, 7) is 28.6. The van der Waals surface area contributed by atoms with Crippen LogP contribution in [0.1, 0.15) is 156 Å². The molecule has 0 bridgehead atoms. The van der Waals surface area contributed by atoms with Crippen LogP contribution >= 0.6 is 11.6 Å². The molecule has 5 N–H and O–H groups in total. The average Bonchev–Trinajstić information content (AvgIpc) is 0.791. The van der Waals surface area contributed by atoms with Crippen LogP contribution in [0.5, 0.6) is 0 Å². The maximum absolute atomic E-state index is 15.8. The summed E-state index contributed by atoms with van der Waals surface area (Å²) in [5.74, 6) is -11.0. The van der Waals surface area contributed by atoms with Gasteiger partial charge in [-0.2, -0.15) is 0 Å². The zero-order valence-electron chi connectivity index (χ0n) is 58.2. The quantitative estimate of drug-likeness (QED) is 0.0965. The molecule has 1 fully saturated rings. The molecule has 0 aromatic carbocycles. The van der Waals surface area contributed by atoms with E-state index in [0.717, 1.165) is 14.7 Å². The summed E-state index contributed by atoms with van der Waals surface area (Å²) in [4.78, 5) is 170. The third-order valence-corrected chi connectivity index (χ3v) is 16.9. The Morgan fingerprint density at radius 1 is 0.562 bits per heavy atom. The van der Waals surface area contributed by atoms with Crippen LogP contribution in [-0.4, -0.2) is 239 Å². The molecule has 510 valence electrons. The number of aliphatic hydroxyl groups excluding tert-OH is 1. The molecular formula is C64H114ClN11O13. The number of aliphatic hydroxyl groups is 1. The molecule has 1 rings (SSSR count). The van der Waals surface area contributed by atoms with E-state index in [0.29, 0.717) is 0 Å². The number of alkyl halides is 1. The third kappa shape index (κ3) is 21.9. The lowest BCUT2D eigenvalue weighted by atomic mass is 9.89. The number of nitrogens with zero attached hydrogens (tertiary/aromatic N) is 7. The number of nitrogens with one attached hydrogen (secondary N) is 4. The molecule has 11 amide bonds. The number of carbonyl (C=O) groups is 11. The van der Waals surface area contributed by atoms with Gasteiger partial charge in [-0.1, -0.05) is 109 Å². The Balaban J connectivity index is 4.50. The molecule has 0 aromatic heterocycles. The summed E-state index contributed by atoms with van der Waals surface area (Å²) >= 11 is 6.29. The molecule has 1 aliphatic heterocycles. The number of carbonyl (C=O) groups excluding carboxylic acids is 11. The van der Waals surface area contributed by atoms with Crippen LogP contribution in [0.25, 0.3) is 0 Å². The summed E-state index contributed by atoms with van der Waals surface area (Å²) < 4.78 is 6.46. The molecule has 0 aromatic rings. The second kappa shape index (κ2) is 36.8. The molecule has 0 spiro atoms. The highest BCUT2D eigenvalue weighted by molar-refractivity contribution is 6.18. The van der Waals surface area contributed by atoms with E-state index in [2.05, 4.69) is 21.3 Å². The second-order valence-corrected chi connectivity index (χ2v) is 27.1. The highest BCUT2D eigenvalue weighted by atomic mass is 35.5. The van der Waals surface area contributed by atoms with E-state index in [1.165, 1.54) is 82.8 Å². The zero-order chi connectivity index (χ0) is 69.0. The van der Waals surface area contributed by atoms with Gasteiger partial charge in [0.1, 0.15) is 54.4 Å². The van der Waals surface area contributed by atoms with Gasteiger partial charge in [0, 0.05) is 61.1 Å². The van der Waals surface area contributed by atoms with Gasteiger partial charge in [-0.15, -0.1) is 11.6 Å². The lowest BCUT2D eigenvalue weighted by Crippen LogP contribution is -2.70. The number of likely N-dealkylation sites (N-methyl/N-ethyl adjacent to an activating group) is 7. The first-order chi connectivity index (χ1) is 41.1. The molecule has 0 saturated carbocycles. The summed E-state index contributed by atoms with van der Waals surface area (Å²) in [6, 6.07) is -11.6. The minimum Gasteiger partial charge on any atom is -0.390 e. The van der Waals surface area contributed by atoms with Crippen molar-refractivity contribution in [3.05, 3.63) is 12.2 Å². The first-order valence-corrected chi connectivity index (χ1v) is 32.2. The van der Waals surface area contributed by atoms with E-state index in [9.17, 15) is 38.7 Å². The summed E-state index contributed by atoms with van der Waals surface area (Å²) in [6.07, 6.45) is 2.66. The van der Waals surface area contributed by atoms with Gasteiger partial charge in [0.15, 0.2) is 0 Å². The van der Waals surface area contributed by atoms with E-state index in [-0.39, 0.29) is 74.7 Å². The third-order valence-electron chi connectivity index (χ3n) is 16.7. The topological polar surface area (TPSA) is 288 Å². The fourth-order valence-corrected chi connectivity index (χ4v) is 11.2. The number of hydrogen-bond donors (Lipinski definition) is 5. The van der Waals surface area contributed by atoms with Gasteiger partial charge in [0.05, 0.1) is 19.3 Å². The van der Waals surface area contributed by atoms with Crippen LogP contribution in [0.2, 0.25) is 0 Å². The summed E-state index contributed by atoms with van der Waals surface area (Å²) in [5, 5.41) is 23.3. The van der Waals surface area contributed by atoms with Crippen LogP contribution in [0, 0.1) is 41.4 Å². The van der Waals surface area contributed by atoms with Crippen LogP contribution in [0.4, 0.5) is 0 Å². The fraction of sp³-hybridized carbons (Fsp3) is 0.797. The fourth-order valence-electron chi connectivity index (χ4n) is 11.1. The Bertz CT molecular complexity index is 2440. The normalized spacial score (nSPS) is 27.1. The van der Waals surface area contributed by atoms with Gasteiger partial charge in [0.2, 0.25) is 64.8 Å². The van der Waals surface area contributed by atoms with Crippen molar-refractivity contribution in [3.8, 4) is 0 Å². The van der Waals surface area contributed by atoms with Gasteiger partial charge in [-0.25, -0.2) is 0 Å². The highest BCUT2D eigenvalue weighted by Gasteiger charge is 2.55. The Morgan fingerprint density at radius 3 is 1.47 bits per heavy atom. The minimum absolute atomic E-state index is 0.0187. The zero-order valence-corrected chi connectivity index (χ0v) is 58.9. The number of halogens is 1. The van der Waals surface area contributed by atoms with Gasteiger partial charge in [-0.05, 0) is 94.8 Å². The maximum atomic E-state index is 15.8. The lowest BCUT2D eigenvalue weighted by Gasteiger charge is -2.48. The van der Waals surface area contributed by atoms with E-state index in [1.807, 2.05) is 55.4 Å². The van der Waals surface area contributed by atoms with E-state index < -0.39 is 155 Å². The van der Waals surface area contributed by atoms with Crippen molar-refractivity contribution in [1.29, 1.82) is 0 Å². The van der Waals surface area contributed by atoms with Gasteiger partial charge < -0.3 is 65.4 Å². The largest absolute Gasteiger partial charge is 0.390 e. The van der Waals surface area contributed by atoms with E-state index in [1.54, 1.807) is 60.6 Å². The SMILES string of the molecule is C/C=C/C[C@@H](C)[C@@H](O)[C@H]1C(=O)N[C@@H](CC)C(=O)N(C)CC(=O)N(C)[C@@H](CC(C)C)C(=O)N[C@@H](C(C)C)C(=O)N(C)[C@@H](CC(C)C)C(=O)N[C@@H](C)C(=O)N[C@H](C)C(=O)N(C)[C@@H](CC(C)C)C(=O)N(C)[C@@H](CC(C)C)C(=O)N(C)[C@](OCCCl)(C(C)C)C(=O)N1C. The average molecular weight is 1280 g/mol. The minimum atomic E-state index is -2.27. The number of hydrogen-bond acceptors (Lipinski definition) is 13. The van der Waals surface area contributed by atoms with Crippen molar-refractivity contribution in [1.82, 2.24) is 55.6 Å². The van der Waals surface area contributed by atoms with Gasteiger partial charge in [0.25, 0.3) is 5.91 Å². The van der Waals surface area contributed by atoms with E-state index >= 15 is 19.2 Å². The van der Waals surface area contributed by atoms with Crippen molar-refractivity contribution >= 4 is 76.6 Å². The monoisotopic (exact) mass is 1280 g/mol. The second-order valence-electron chi connectivity index (χ2n) is 26.7. The molecular weight excluding hydrogens is 1170 g/mol. The van der Waals surface area contributed by atoms with Crippen LogP contribution < -0.4 is 21.3 Å². The van der Waals surface area contributed by atoms with Gasteiger partial charge >= 0.3 is 0 Å². The first kappa shape index (κ1) is 81.1. The maximum Gasteiger partial charge on any atom is 0.276 e. The Kier molecular flexibility index (Phi) is 33.6. The Morgan fingerprint density at radius 2 is 1.01 bits per heavy atom. The molecule has 24 nitrogen and oxygen atoms in total. The molecule has 1 aliphatic rings. The number of amides is 11. The number of ether oxygens (including phenoxy) is 1. The van der Waals surface area contributed by atoms with Crippen molar-refractivity contribution < 1.29 is 62.6 Å². The van der Waals surface area contributed by atoms with Crippen molar-refractivity contribution in [3.63, 3.8) is 0 Å². The Hall–Kier alpha value is -5.88. The van der Waals surface area contributed by atoms with Crippen molar-refractivity contribution in [2.24, 2.45) is 41.4 Å². The number of allylic oxidation sites excluding steroid dienone is 2. The molecule has 1 heterocycles. The summed E-state index contributed by atoms with van der Waals surface area (Å²) in [5.41, 5.74) is -2.27. The van der Waals surface area contributed by atoms with E-state index in [4.69, 9.17) is 16.3 Å². The highest BCUT2D eigenvalue weighted by Crippen LogP contribution is 2.33. The predicted molar refractivity (Wildman–Crippen MR) is 344 cm³/mol. The molecule has 0 aliphatic carbocycles. The first-order valence-electron chi connectivity index (χ1n) is 31.7. The standard InChI is InChI=1S/C64H114ClN11O13/c1-25-27-28-42(15)53(78)52-57(82)68-45(26-2)59(84)70(18)35-50(77)71(19)46(31-36(3)4)56(81)69-51(40(11)12)62(87)72(20)47(32-37(5)6)55(80)66-43(16)54(79)67-44(17)58(83)73(21)48(33-38(7)8)60(85)74(22)49(34-39(9)10)61(86)76(24)64(41(13)14,89-30-29-65)63(88)75(52)23/h25,27,36-49,51-53,78H,26,28-35H2,1-24H3,(H,66,80)(H,67,79)(H,68,82)(H,69,81)/b27-25+/t42-,43+,44-,45+,46+,47+,48+,49+,51+,52+,53-,64+/m1/s1. The number of rotatable bonds is 18. The van der Waals surface area contributed by atoms with Crippen LogP contribution in [0.15, 0.2) is 12.2 Å². The predicted octanol–water partition coefficient (Wildman–Crippen LogP) is 3.85. The molecule has 89 heavy (non-hydrogen) atoms. The van der Waals surface area contributed by atoms with Gasteiger partial charge in [-0.3, -0.25) is 52.7 Å². The van der Waals surface area contributed by atoms with Crippen LogP contribution in [0.3, 0.4) is 0 Å². The summed E-state index contributed by atoms with van der Waals surface area (Å²) in [7, 11) is 9.67. The molecule has 0 radical (unpaired) electrons. The smallest absolute Gasteiger partial charge is 0.276 e. The molecule has 25 heteroatoms. The Labute approximate surface area is 537 Å². The van der Waals surface area contributed by atoms with Crippen molar-refractivity contribution in [2.75, 3.05) is 68.4 Å². The molecule has 1 saturated heterocycles. The molecule has 0 unspecified atom stereocenters. The van der Waals surface area contributed by atoms with Crippen LogP contribution in [-0.2, 0) is 57.5 Å². The lowest BCUT2D eigenvalue weighted by molar-refractivity contribution is -0.207.